The highest BCUT2D eigenvalue weighted by Crippen LogP contribution is 2.61. The number of nitrogens with two attached hydrogens (primary N) is 1. The first kappa shape index (κ1) is 55.7. The van der Waals surface area contributed by atoms with E-state index in [2.05, 4.69) is 65.6 Å². The van der Waals surface area contributed by atoms with Crippen LogP contribution in [0.3, 0.4) is 0 Å². The molecule has 0 saturated carbocycles. The number of anilines is 1. The number of thioether (sulfide) groups is 1. The zero-order chi connectivity index (χ0) is 47.4. The van der Waals surface area contributed by atoms with Gasteiger partial charge in [0.15, 0.2) is 17.7 Å². The zero-order valence-electron chi connectivity index (χ0n) is 36.3. The van der Waals surface area contributed by atoms with E-state index in [4.69, 9.17) is 19.5 Å². The molecule has 364 valence electrons. The molecule has 64 heavy (non-hydrogen) atoms. The predicted octanol–water partition coefficient (Wildman–Crippen LogP) is 4.17. The first-order valence-electron chi connectivity index (χ1n) is 20.9. The van der Waals surface area contributed by atoms with Gasteiger partial charge in [0.1, 0.15) is 36.3 Å². The number of phosphoric acid groups is 3. The van der Waals surface area contributed by atoms with Gasteiger partial charge in [-0.3, -0.25) is 27.7 Å². The van der Waals surface area contributed by atoms with E-state index in [-0.39, 0.29) is 35.9 Å². The Kier molecular flexibility index (Phi) is 23.7. The lowest BCUT2D eigenvalue weighted by Gasteiger charge is -2.30. The fourth-order valence-corrected chi connectivity index (χ4v) is 9.84. The van der Waals surface area contributed by atoms with Gasteiger partial charge in [-0.25, -0.2) is 28.6 Å². The number of aromatic nitrogens is 4. The van der Waals surface area contributed by atoms with Gasteiger partial charge in [-0.15, -0.1) is 0 Å². The zero-order valence-corrected chi connectivity index (χ0v) is 39.8. The van der Waals surface area contributed by atoms with E-state index < -0.39 is 78.6 Å². The summed E-state index contributed by atoms with van der Waals surface area (Å²) in [6, 6.07) is 0. The normalized spacial score (nSPS) is 20.8. The number of unbranched alkanes of at least 4 members (excludes halogenated alkanes) is 8. The van der Waals surface area contributed by atoms with Crippen molar-refractivity contribution in [2.45, 2.75) is 122 Å². The van der Waals surface area contributed by atoms with Crippen molar-refractivity contribution in [2.24, 2.45) is 5.41 Å². The number of amides is 2. The minimum atomic E-state index is -5.56. The van der Waals surface area contributed by atoms with Crippen LogP contribution >= 0.6 is 35.2 Å². The molecule has 1 saturated heterocycles. The molecule has 7 atom stereocenters. The maximum atomic E-state index is 12.7. The highest BCUT2D eigenvalue weighted by Gasteiger charge is 2.50. The summed E-state index contributed by atoms with van der Waals surface area (Å²) in [7, 11) is -16.4. The molecular weight excluding hydrogens is 923 g/mol. The maximum absolute atomic E-state index is 12.7. The second kappa shape index (κ2) is 27.2. The summed E-state index contributed by atoms with van der Waals surface area (Å²) in [6.07, 6.45) is 13.9. The highest BCUT2D eigenvalue weighted by molar-refractivity contribution is 7.99. The molecule has 3 heterocycles. The third kappa shape index (κ3) is 20.1. The van der Waals surface area contributed by atoms with Crippen molar-refractivity contribution in [2.75, 3.05) is 43.5 Å². The van der Waals surface area contributed by atoms with E-state index in [0.717, 1.165) is 48.0 Å². The largest absolute Gasteiger partial charge is 0.481 e. The third-order valence-corrected chi connectivity index (χ3v) is 13.8. The Balaban J connectivity index is 1.32. The maximum Gasteiger partial charge on any atom is 0.481 e. The summed E-state index contributed by atoms with van der Waals surface area (Å²) in [6.45, 7) is 3.14. The average molecular weight is 988 g/mol. The van der Waals surface area contributed by atoms with Crippen LogP contribution in [-0.2, 0) is 45.9 Å². The number of aliphatic hydroxyl groups is 2. The van der Waals surface area contributed by atoms with Gasteiger partial charge in [0.05, 0.1) is 19.5 Å². The number of carbonyl (C=O) groups is 2. The smallest absolute Gasteiger partial charge is 0.386 e. The van der Waals surface area contributed by atoms with Gasteiger partial charge in [0.2, 0.25) is 11.8 Å². The van der Waals surface area contributed by atoms with Gasteiger partial charge in [-0.1, -0.05) is 83.6 Å². The molecule has 23 nitrogen and oxygen atoms in total. The van der Waals surface area contributed by atoms with Crippen molar-refractivity contribution in [1.82, 2.24) is 30.2 Å². The van der Waals surface area contributed by atoms with Gasteiger partial charge < -0.3 is 50.9 Å². The molecule has 1 aliphatic rings. The van der Waals surface area contributed by atoms with Gasteiger partial charge in [0, 0.05) is 30.7 Å². The van der Waals surface area contributed by atoms with E-state index in [1.54, 1.807) is 11.8 Å². The number of nitrogens with one attached hydrogen (secondary N) is 2. The SMILES string of the molecule is CCCC/C=C/C=C\CCCCCCCCSCCNC(=O)CCNC(=O)[C@H](O)C(C)(C)COP(=O)(O)OP(=O)(O)OC[C@H]1O[C@@H](n2cnc3c(N)ncnc32)[C@H](O)[C@@H]1OP(=O)(O)O. The summed E-state index contributed by atoms with van der Waals surface area (Å²) in [5.41, 5.74) is 4.33. The van der Waals surface area contributed by atoms with Crippen LogP contribution in [0.25, 0.3) is 11.2 Å². The van der Waals surface area contributed by atoms with Crippen LogP contribution in [0, 0.1) is 5.41 Å². The Morgan fingerprint density at radius 1 is 0.938 bits per heavy atom. The Hall–Kier alpha value is -2.63. The molecule has 1 fully saturated rings. The molecular formula is C37H64N7O16P3S. The fourth-order valence-electron chi connectivity index (χ4n) is 6.15. The molecule has 3 rings (SSSR count). The van der Waals surface area contributed by atoms with Crippen molar-refractivity contribution in [3.63, 3.8) is 0 Å². The number of hydrogen-bond donors (Lipinski definition) is 9. The number of nitrogen functional groups attached to an aromatic ring is 1. The predicted molar refractivity (Wildman–Crippen MR) is 237 cm³/mol. The molecule has 0 spiro atoms. The Bertz CT molecular complexity index is 1970. The van der Waals surface area contributed by atoms with Crippen LogP contribution in [0.5, 0.6) is 0 Å². The quantitative estimate of drug-likeness (QED) is 0.0282. The Morgan fingerprint density at radius 3 is 2.28 bits per heavy atom. The molecule has 0 aromatic carbocycles. The summed E-state index contributed by atoms with van der Waals surface area (Å²) < 4.78 is 62.4. The Morgan fingerprint density at radius 2 is 1.59 bits per heavy atom. The first-order chi connectivity index (χ1) is 30.2. The van der Waals surface area contributed by atoms with Crippen molar-refractivity contribution in [1.29, 1.82) is 0 Å². The van der Waals surface area contributed by atoms with Gasteiger partial charge in [-0.05, 0) is 31.4 Å². The molecule has 0 aliphatic carbocycles. The second-order valence-electron chi connectivity index (χ2n) is 15.6. The van der Waals surface area contributed by atoms with E-state index >= 15 is 0 Å². The molecule has 2 aromatic rings. The third-order valence-electron chi connectivity index (χ3n) is 9.66. The topological polar surface area (TPSA) is 347 Å². The number of nitrogens with zero attached hydrogens (tertiary/aromatic N) is 4. The number of imidazole rings is 1. The van der Waals surface area contributed by atoms with Crippen LogP contribution in [0.1, 0.15) is 97.6 Å². The molecule has 1 aliphatic heterocycles. The fraction of sp³-hybridized carbons (Fsp3) is 0.703. The van der Waals surface area contributed by atoms with Crippen LogP contribution in [-0.4, -0.2) is 123 Å². The number of phosphoric ester groups is 3. The van der Waals surface area contributed by atoms with Gasteiger partial charge in [0.25, 0.3) is 0 Å². The van der Waals surface area contributed by atoms with Crippen molar-refractivity contribution < 1.29 is 75.7 Å². The van der Waals surface area contributed by atoms with Crippen molar-refractivity contribution in [3.05, 3.63) is 37.0 Å². The second-order valence-corrected chi connectivity index (χ2v) is 21.1. The molecule has 2 unspecified atom stereocenters. The number of ether oxygens (including phenoxy) is 1. The van der Waals surface area contributed by atoms with E-state index in [9.17, 15) is 53.1 Å². The summed E-state index contributed by atoms with van der Waals surface area (Å²) in [5.74, 6) is 0.486. The molecule has 27 heteroatoms. The van der Waals surface area contributed by atoms with E-state index in [1.807, 2.05) is 0 Å². The van der Waals surface area contributed by atoms with Crippen LogP contribution in [0.2, 0.25) is 0 Å². The standard InChI is InChI=1S/C37H64N7O16P3S/c1-4-5-6-7-8-9-10-11-12-13-14-15-16-17-21-64-22-20-39-28(45)18-19-40-35(48)32(47)37(2,3)24-57-63(54,55)60-62(52,53)56-23-27-31(59-61(49,50)51)30(46)36(58-27)44-26-43-29-33(38)41-25-42-34(29)44/h7-10,25-27,30-32,36,46-47H,4-6,11-24H2,1-3H3,(H,39,45)(H,40,48)(H,52,53)(H,54,55)(H2,38,41,42)(H2,49,50,51)/b8-7+,10-9-/t27-,30-,31-,32+,36-/m1/s1. The molecule has 0 radical (unpaired) electrons. The van der Waals surface area contributed by atoms with Crippen molar-refractivity contribution >= 4 is 64.0 Å². The lowest BCUT2D eigenvalue weighted by molar-refractivity contribution is -0.137. The molecule has 0 bridgehead atoms. The summed E-state index contributed by atoms with van der Waals surface area (Å²) in [5, 5.41) is 26.7. The number of carbonyl (C=O) groups excluding carboxylic acids is 2. The lowest BCUT2D eigenvalue weighted by atomic mass is 9.87. The number of rotatable bonds is 32. The number of fused-ring (bicyclic) bond motifs is 1. The lowest BCUT2D eigenvalue weighted by Crippen LogP contribution is -2.46. The molecule has 10 N–H and O–H groups in total. The minimum absolute atomic E-state index is 0.0334. The highest BCUT2D eigenvalue weighted by atomic mass is 32.2. The van der Waals surface area contributed by atoms with Crippen LogP contribution in [0.15, 0.2) is 37.0 Å². The monoisotopic (exact) mass is 987 g/mol. The van der Waals surface area contributed by atoms with Gasteiger partial charge in [-0.2, -0.15) is 16.1 Å². The number of allylic oxidation sites excluding steroid dienone is 4. The first-order valence-corrected chi connectivity index (χ1v) is 26.6. The summed E-state index contributed by atoms with van der Waals surface area (Å²) in [4.78, 5) is 76.1. The number of aliphatic hydroxyl groups excluding tert-OH is 2. The molecule has 2 aromatic heterocycles. The number of hydrogen-bond acceptors (Lipinski definition) is 17. The van der Waals surface area contributed by atoms with Crippen molar-refractivity contribution in [3.8, 4) is 0 Å². The van der Waals surface area contributed by atoms with E-state index in [1.165, 1.54) is 58.8 Å². The van der Waals surface area contributed by atoms with Gasteiger partial charge >= 0.3 is 23.5 Å². The van der Waals surface area contributed by atoms with E-state index in [0.29, 0.717) is 6.54 Å². The molecule has 2 amide bonds. The summed E-state index contributed by atoms with van der Waals surface area (Å²) >= 11 is 1.75. The average Bonchev–Trinajstić information content (AvgIpc) is 3.78. The Labute approximate surface area is 376 Å². The van der Waals surface area contributed by atoms with Crippen LogP contribution in [0.4, 0.5) is 5.82 Å². The minimum Gasteiger partial charge on any atom is -0.386 e. The van der Waals surface area contributed by atoms with Crippen LogP contribution < -0.4 is 16.4 Å².